The fraction of sp³-hybridized carbons (Fsp3) is 0.400. The van der Waals surface area contributed by atoms with Crippen molar-refractivity contribution in [2.24, 2.45) is 0 Å². The number of nitrogens with zero attached hydrogens (tertiary/aromatic N) is 1. The van der Waals surface area contributed by atoms with Crippen molar-refractivity contribution in [2.45, 2.75) is 12.5 Å². The zero-order chi connectivity index (χ0) is 5.11. The lowest BCUT2D eigenvalue weighted by Gasteiger charge is -1.93. The van der Waals surface area contributed by atoms with Crippen LogP contribution in [0.2, 0.25) is 0 Å². The zero-order valence-corrected chi connectivity index (χ0v) is 3.89. The molecule has 0 aromatic heterocycles. The third-order valence-electron chi connectivity index (χ3n) is 0.943. The van der Waals surface area contributed by atoms with Gasteiger partial charge in [-0.3, -0.25) is 0 Å². The standard InChI is InChI=1S/C5H6N2/c6-4-5-2-1-3-7-5/h1,3,5,7H,2H2. The molecule has 0 saturated heterocycles. The summed E-state index contributed by atoms with van der Waals surface area (Å²) in [6.07, 6.45) is 4.62. The summed E-state index contributed by atoms with van der Waals surface area (Å²) in [6.45, 7) is 0. The Morgan fingerprint density at radius 3 is 3.00 bits per heavy atom. The van der Waals surface area contributed by atoms with Crippen LogP contribution in [0, 0.1) is 11.3 Å². The van der Waals surface area contributed by atoms with Crippen LogP contribution in [0.3, 0.4) is 0 Å². The van der Waals surface area contributed by atoms with Crippen molar-refractivity contribution in [3.05, 3.63) is 12.3 Å². The second-order valence-corrected chi connectivity index (χ2v) is 1.49. The van der Waals surface area contributed by atoms with E-state index in [0.717, 1.165) is 6.42 Å². The molecule has 2 heteroatoms. The predicted octanol–water partition coefficient (Wildman–Crippen LogP) is 0.386. The molecule has 1 N–H and O–H groups in total. The molecule has 36 valence electrons. The van der Waals surface area contributed by atoms with Crippen molar-refractivity contribution < 1.29 is 0 Å². The first-order valence-electron chi connectivity index (χ1n) is 2.24. The number of rotatable bonds is 0. The van der Waals surface area contributed by atoms with Gasteiger partial charge in [-0.15, -0.1) is 0 Å². The van der Waals surface area contributed by atoms with Crippen LogP contribution in [0.4, 0.5) is 0 Å². The number of hydrogen-bond acceptors (Lipinski definition) is 2. The largest absolute Gasteiger partial charge is 0.376 e. The molecule has 0 aromatic rings. The summed E-state index contributed by atoms with van der Waals surface area (Å²) >= 11 is 0. The topological polar surface area (TPSA) is 35.8 Å². The predicted molar refractivity (Wildman–Crippen MR) is 26.3 cm³/mol. The summed E-state index contributed by atoms with van der Waals surface area (Å²) in [5, 5.41) is 11.1. The van der Waals surface area contributed by atoms with E-state index < -0.39 is 0 Å². The maximum absolute atomic E-state index is 8.21. The second-order valence-electron chi connectivity index (χ2n) is 1.49. The van der Waals surface area contributed by atoms with Crippen molar-refractivity contribution in [1.29, 1.82) is 5.26 Å². The minimum atomic E-state index is 0.0417. The van der Waals surface area contributed by atoms with Gasteiger partial charge in [-0.1, -0.05) is 6.08 Å². The quantitative estimate of drug-likeness (QED) is 0.471. The van der Waals surface area contributed by atoms with E-state index >= 15 is 0 Å². The maximum Gasteiger partial charge on any atom is 0.117 e. The molecule has 0 fully saturated rings. The van der Waals surface area contributed by atoms with E-state index in [1.54, 1.807) is 0 Å². The van der Waals surface area contributed by atoms with E-state index in [2.05, 4.69) is 11.4 Å². The Labute approximate surface area is 42.4 Å². The highest BCUT2D eigenvalue weighted by Crippen LogP contribution is 1.97. The van der Waals surface area contributed by atoms with E-state index in [-0.39, 0.29) is 6.04 Å². The summed E-state index contributed by atoms with van der Waals surface area (Å²) in [4.78, 5) is 0. The van der Waals surface area contributed by atoms with Gasteiger partial charge in [0.25, 0.3) is 0 Å². The van der Waals surface area contributed by atoms with Gasteiger partial charge in [-0.2, -0.15) is 5.26 Å². The van der Waals surface area contributed by atoms with Gasteiger partial charge in [0.1, 0.15) is 6.04 Å². The van der Waals surface area contributed by atoms with Crippen molar-refractivity contribution >= 4 is 0 Å². The SMILES string of the molecule is N#CC1CC=CN1. The molecule has 1 rings (SSSR count). The van der Waals surface area contributed by atoms with Gasteiger partial charge < -0.3 is 5.32 Å². The molecule has 1 heterocycles. The summed E-state index contributed by atoms with van der Waals surface area (Å²) in [7, 11) is 0. The summed E-state index contributed by atoms with van der Waals surface area (Å²) in [5.41, 5.74) is 0. The van der Waals surface area contributed by atoms with Crippen molar-refractivity contribution in [3.63, 3.8) is 0 Å². The Kier molecular flexibility index (Phi) is 0.991. The van der Waals surface area contributed by atoms with Gasteiger partial charge in [-0.25, -0.2) is 0 Å². The number of hydrogen-bond donors (Lipinski definition) is 1. The fourth-order valence-electron chi connectivity index (χ4n) is 0.546. The van der Waals surface area contributed by atoms with Crippen LogP contribution in [0.5, 0.6) is 0 Å². The van der Waals surface area contributed by atoms with E-state index in [9.17, 15) is 0 Å². The Hall–Kier alpha value is -0.970. The van der Waals surface area contributed by atoms with E-state index in [1.807, 2.05) is 12.3 Å². The van der Waals surface area contributed by atoms with E-state index in [0.29, 0.717) is 0 Å². The van der Waals surface area contributed by atoms with Crippen molar-refractivity contribution in [1.82, 2.24) is 5.32 Å². The molecule has 0 aliphatic carbocycles. The third kappa shape index (κ3) is 0.716. The highest BCUT2D eigenvalue weighted by atomic mass is 14.9. The summed E-state index contributed by atoms with van der Waals surface area (Å²) in [5.74, 6) is 0. The lowest BCUT2D eigenvalue weighted by molar-refractivity contribution is 0.772. The normalized spacial score (nSPS) is 26.4. The van der Waals surface area contributed by atoms with Crippen LogP contribution >= 0.6 is 0 Å². The average molecular weight is 94.1 g/mol. The molecular formula is C5H6N2. The van der Waals surface area contributed by atoms with Crippen LogP contribution in [0.25, 0.3) is 0 Å². The number of nitriles is 1. The summed E-state index contributed by atoms with van der Waals surface area (Å²) < 4.78 is 0. The fourth-order valence-corrected chi connectivity index (χ4v) is 0.546. The Balaban J connectivity index is 2.39. The lowest BCUT2D eigenvalue weighted by Crippen LogP contribution is -2.15. The monoisotopic (exact) mass is 94.1 g/mol. The van der Waals surface area contributed by atoms with Gasteiger partial charge in [-0.05, 0) is 6.20 Å². The van der Waals surface area contributed by atoms with Gasteiger partial charge in [0.2, 0.25) is 0 Å². The highest BCUT2D eigenvalue weighted by molar-refractivity contribution is 5.04. The Morgan fingerprint density at radius 2 is 2.71 bits per heavy atom. The minimum absolute atomic E-state index is 0.0417. The zero-order valence-electron chi connectivity index (χ0n) is 3.89. The lowest BCUT2D eigenvalue weighted by atomic mass is 10.3. The van der Waals surface area contributed by atoms with Gasteiger partial charge in [0, 0.05) is 6.42 Å². The molecule has 0 bridgehead atoms. The molecule has 0 radical (unpaired) electrons. The van der Waals surface area contributed by atoms with E-state index in [1.165, 1.54) is 0 Å². The first-order valence-corrected chi connectivity index (χ1v) is 2.24. The Morgan fingerprint density at radius 1 is 1.86 bits per heavy atom. The first kappa shape index (κ1) is 4.20. The van der Waals surface area contributed by atoms with Crippen LogP contribution < -0.4 is 5.32 Å². The van der Waals surface area contributed by atoms with Crippen LogP contribution in [-0.4, -0.2) is 6.04 Å². The Bertz CT molecular complexity index is 113. The minimum Gasteiger partial charge on any atom is -0.376 e. The van der Waals surface area contributed by atoms with Crippen molar-refractivity contribution in [3.8, 4) is 6.07 Å². The average Bonchev–Trinajstić information content (AvgIpc) is 2.14. The van der Waals surface area contributed by atoms with E-state index in [4.69, 9.17) is 5.26 Å². The van der Waals surface area contributed by atoms with Crippen molar-refractivity contribution in [2.75, 3.05) is 0 Å². The highest BCUT2D eigenvalue weighted by Gasteiger charge is 2.04. The molecule has 0 aromatic carbocycles. The molecule has 7 heavy (non-hydrogen) atoms. The van der Waals surface area contributed by atoms with Crippen LogP contribution in [0.15, 0.2) is 12.3 Å². The van der Waals surface area contributed by atoms with Gasteiger partial charge in [0.15, 0.2) is 0 Å². The molecule has 1 atom stereocenters. The third-order valence-corrected chi connectivity index (χ3v) is 0.943. The summed E-state index contributed by atoms with van der Waals surface area (Å²) in [6, 6.07) is 2.13. The molecule has 0 spiro atoms. The molecule has 1 unspecified atom stereocenters. The molecule has 0 saturated carbocycles. The molecule has 2 nitrogen and oxygen atoms in total. The van der Waals surface area contributed by atoms with Gasteiger partial charge in [0.05, 0.1) is 6.07 Å². The maximum atomic E-state index is 8.21. The molecule has 1 aliphatic heterocycles. The van der Waals surface area contributed by atoms with Gasteiger partial charge >= 0.3 is 0 Å². The molecule has 1 aliphatic rings. The smallest absolute Gasteiger partial charge is 0.117 e. The number of nitrogens with one attached hydrogen (secondary N) is 1. The molecule has 0 amide bonds. The van der Waals surface area contributed by atoms with Crippen LogP contribution in [-0.2, 0) is 0 Å². The second kappa shape index (κ2) is 1.65. The van der Waals surface area contributed by atoms with Crippen LogP contribution in [0.1, 0.15) is 6.42 Å². The molecular weight excluding hydrogens is 88.1 g/mol. The first-order chi connectivity index (χ1) is 3.43.